The quantitative estimate of drug-likeness (QED) is 0.784. The summed E-state index contributed by atoms with van der Waals surface area (Å²) in [5.74, 6) is -0.255. The van der Waals surface area contributed by atoms with Gasteiger partial charge in [0.25, 0.3) is 0 Å². The molecule has 2 saturated heterocycles. The normalized spacial score (nSPS) is 26.7. The third-order valence-corrected chi connectivity index (χ3v) is 5.38. The highest BCUT2D eigenvalue weighted by Gasteiger charge is 2.52. The minimum atomic E-state index is -0.643. The van der Waals surface area contributed by atoms with Crippen LogP contribution in [0.1, 0.15) is 47.5 Å². The highest BCUT2D eigenvalue weighted by Crippen LogP contribution is 2.37. The zero-order valence-corrected chi connectivity index (χ0v) is 14.1. The topological polar surface area (TPSA) is 21.7 Å². The average molecular weight is 305 g/mol. The second-order valence-corrected chi connectivity index (χ2v) is 7.48. The predicted molar refractivity (Wildman–Crippen MR) is 88.2 cm³/mol. The Morgan fingerprint density at radius 3 is 2.32 bits per heavy atom. The van der Waals surface area contributed by atoms with Crippen molar-refractivity contribution in [3.8, 4) is 0 Å². The molecule has 0 spiro atoms. The van der Waals surface area contributed by atoms with Crippen LogP contribution >= 0.6 is 0 Å². The second-order valence-electron chi connectivity index (χ2n) is 7.48. The zero-order chi connectivity index (χ0) is 16.1. The molecule has 0 aliphatic carbocycles. The van der Waals surface area contributed by atoms with Gasteiger partial charge in [0.2, 0.25) is 0 Å². The Hall–Kier alpha value is -1.07. The van der Waals surface area contributed by atoms with Crippen LogP contribution in [0.5, 0.6) is 0 Å². The number of hydrogen-bond acceptors (Lipinski definition) is 3. The van der Waals surface area contributed by atoms with Gasteiger partial charge in [-0.25, -0.2) is 4.39 Å². The van der Waals surface area contributed by atoms with Gasteiger partial charge in [0.15, 0.2) is 0 Å². The van der Waals surface area contributed by atoms with Crippen molar-refractivity contribution in [2.45, 2.75) is 64.7 Å². The lowest BCUT2D eigenvalue weighted by atomic mass is 9.78. The van der Waals surface area contributed by atoms with E-state index in [1.807, 2.05) is 33.8 Å². The molecule has 2 heterocycles. The maximum Gasteiger partial charge on any atom is 0.497 e. The molecular formula is C17H25BFNO2. The van der Waals surface area contributed by atoms with Gasteiger partial charge in [-0.2, -0.15) is 0 Å². The van der Waals surface area contributed by atoms with Crippen molar-refractivity contribution in [2.75, 3.05) is 11.4 Å². The molecule has 120 valence electrons. The van der Waals surface area contributed by atoms with E-state index in [0.717, 1.165) is 12.2 Å². The molecular weight excluding hydrogens is 280 g/mol. The van der Waals surface area contributed by atoms with Gasteiger partial charge in [0, 0.05) is 23.7 Å². The van der Waals surface area contributed by atoms with E-state index in [-0.39, 0.29) is 5.82 Å². The summed E-state index contributed by atoms with van der Waals surface area (Å²) in [7, 11) is -0.643. The van der Waals surface area contributed by atoms with Crippen LogP contribution in [0.15, 0.2) is 18.2 Å². The lowest BCUT2D eigenvalue weighted by Crippen LogP contribution is -2.41. The maximum atomic E-state index is 14.6. The molecule has 3 rings (SSSR count). The van der Waals surface area contributed by atoms with Crippen LogP contribution in [0.2, 0.25) is 0 Å². The molecule has 0 amide bonds. The van der Waals surface area contributed by atoms with Crippen LogP contribution < -0.4 is 10.4 Å². The van der Waals surface area contributed by atoms with E-state index in [2.05, 4.69) is 11.8 Å². The van der Waals surface area contributed by atoms with Crippen LogP contribution in [-0.2, 0) is 9.31 Å². The van der Waals surface area contributed by atoms with E-state index < -0.39 is 18.3 Å². The van der Waals surface area contributed by atoms with Gasteiger partial charge in [-0.05, 0) is 59.6 Å². The zero-order valence-electron chi connectivity index (χ0n) is 14.1. The Labute approximate surface area is 132 Å². The lowest BCUT2D eigenvalue weighted by Gasteiger charge is -2.32. The van der Waals surface area contributed by atoms with Gasteiger partial charge in [-0.15, -0.1) is 0 Å². The van der Waals surface area contributed by atoms with Crippen LogP contribution in [0.3, 0.4) is 0 Å². The van der Waals surface area contributed by atoms with Crippen molar-refractivity contribution < 1.29 is 13.7 Å². The molecule has 0 radical (unpaired) electrons. The number of rotatable bonds is 2. The van der Waals surface area contributed by atoms with Gasteiger partial charge in [-0.3, -0.25) is 0 Å². The minimum absolute atomic E-state index is 0.255. The summed E-state index contributed by atoms with van der Waals surface area (Å²) in [6.45, 7) is 11.1. The van der Waals surface area contributed by atoms with Crippen LogP contribution in [0, 0.1) is 5.82 Å². The molecule has 1 aromatic rings. The minimum Gasteiger partial charge on any atom is -0.399 e. The summed E-state index contributed by atoms with van der Waals surface area (Å²) in [5.41, 5.74) is 0.524. The van der Waals surface area contributed by atoms with Crippen molar-refractivity contribution in [3.63, 3.8) is 0 Å². The standard InChI is InChI=1S/C17H25BFNO2/c1-12-7-6-10-20(12)13-8-9-14(15(19)11-13)18-21-16(2,3)17(4,5)22-18/h8-9,11-12H,6-7,10H2,1-5H3. The highest BCUT2D eigenvalue weighted by molar-refractivity contribution is 6.62. The van der Waals surface area contributed by atoms with Crippen molar-refractivity contribution >= 4 is 18.3 Å². The molecule has 0 saturated carbocycles. The Bertz CT molecular complexity index is 560. The fraction of sp³-hybridized carbons (Fsp3) is 0.647. The van der Waals surface area contributed by atoms with Gasteiger partial charge < -0.3 is 14.2 Å². The summed E-state index contributed by atoms with van der Waals surface area (Å²) in [4.78, 5) is 2.26. The molecule has 5 heteroatoms. The van der Waals surface area contributed by atoms with E-state index in [9.17, 15) is 4.39 Å². The Balaban J connectivity index is 1.85. The van der Waals surface area contributed by atoms with Crippen LogP contribution in [-0.4, -0.2) is 30.9 Å². The molecule has 1 aromatic carbocycles. The first-order valence-corrected chi connectivity index (χ1v) is 8.13. The van der Waals surface area contributed by atoms with E-state index in [1.165, 1.54) is 12.8 Å². The van der Waals surface area contributed by atoms with E-state index in [0.29, 0.717) is 11.5 Å². The molecule has 0 N–H and O–H groups in total. The summed E-state index contributed by atoms with van der Waals surface area (Å²) in [5, 5.41) is 0. The predicted octanol–water partition coefficient (Wildman–Crippen LogP) is 3.11. The smallest absolute Gasteiger partial charge is 0.399 e. The van der Waals surface area contributed by atoms with E-state index in [4.69, 9.17) is 9.31 Å². The molecule has 0 aromatic heterocycles. The first kappa shape index (κ1) is 15.8. The number of benzene rings is 1. The number of anilines is 1. The van der Waals surface area contributed by atoms with Crippen molar-refractivity contribution in [1.82, 2.24) is 0 Å². The third kappa shape index (κ3) is 2.54. The van der Waals surface area contributed by atoms with Crippen molar-refractivity contribution in [3.05, 3.63) is 24.0 Å². The van der Waals surface area contributed by atoms with E-state index >= 15 is 0 Å². The largest absolute Gasteiger partial charge is 0.497 e. The molecule has 2 aliphatic rings. The van der Waals surface area contributed by atoms with Gasteiger partial charge in [0.1, 0.15) is 5.82 Å². The Morgan fingerprint density at radius 2 is 1.82 bits per heavy atom. The molecule has 0 bridgehead atoms. The molecule has 22 heavy (non-hydrogen) atoms. The highest BCUT2D eigenvalue weighted by atomic mass is 19.1. The number of hydrogen-bond donors (Lipinski definition) is 0. The monoisotopic (exact) mass is 305 g/mol. The fourth-order valence-electron chi connectivity index (χ4n) is 3.17. The molecule has 1 atom stereocenters. The number of halogens is 1. The average Bonchev–Trinajstić information content (AvgIpc) is 2.91. The summed E-state index contributed by atoms with van der Waals surface area (Å²) >= 11 is 0. The molecule has 1 unspecified atom stereocenters. The van der Waals surface area contributed by atoms with Gasteiger partial charge >= 0.3 is 7.12 Å². The molecule has 2 aliphatic heterocycles. The maximum absolute atomic E-state index is 14.6. The summed E-state index contributed by atoms with van der Waals surface area (Å²) < 4.78 is 26.5. The number of nitrogens with zero attached hydrogens (tertiary/aromatic N) is 1. The Kier molecular flexibility index (Phi) is 3.77. The molecule has 2 fully saturated rings. The summed E-state index contributed by atoms with van der Waals surface area (Å²) in [6, 6.07) is 5.87. The fourth-order valence-corrected chi connectivity index (χ4v) is 3.17. The van der Waals surface area contributed by atoms with Gasteiger partial charge in [-0.1, -0.05) is 6.07 Å². The Morgan fingerprint density at radius 1 is 1.18 bits per heavy atom. The van der Waals surface area contributed by atoms with E-state index in [1.54, 1.807) is 12.1 Å². The summed E-state index contributed by atoms with van der Waals surface area (Å²) in [6.07, 6.45) is 2.34. The SMILES string of the molecule is CC1CCCN1c1ccc(B2OC(C)(C)C(C)(C)O2)c(F)c1. The van der Waals surface area contributed by atoms with Crippen molar-refractivity contribution in [1.29, 1.82) is 0 Å². The van der Waals surface area contributed by atoms with Crippen LogP contribution in [0.4, 0.5) is 10.1 Å². The van der Waals surface area contributed by atoms with Gasteiger partial charge in [0.05, 0.1) is 11.2 Å². The van der Waals surface area contributed by atoms with Crippen LogP contribution in [0.25, 0.3) is 0 Å². The molecule has 3 nitrogen and oxygen atoms in total. The van der Waals surface area contributed by atoms with Crippen molar-refractivity contribution in [2.24, 2.45) is 0 Å². The third-order valence-electron chi connectivity index (χ3n) is 5.38. The first-order valence-electron chi connectivity index (χ1n) is 8.13. The second kappa shape index (κ2) is 5.24. The first-order chi connectivity index (χ1) is 10.2. The lowest BCUT2D eigenvalue weighted by molar-refractivity contribution is 0.00578.